The van der Waals surface area contributed by atoms with Crippen LogP contribution in [0.5, 0.6) is 0 Å². The predicted octanol–water partition coefficient (Wildman–Crippen LogP) is 1.96. The maximum Gasteiger partial charge on any atom is 0.133 e. The van der Waals surface area contributed by atoms with Crippen LogP contribution < -0.4 is 10.6 Å². The number of ether oxygens (including phenoxy) is 1. The summed E-state index contributed by atoms with van der Waals surface area (Å²) in [4.78, 5) is 6.71. The zero-order chi connectivity index (χ0) is 13.0. The number of hydrogen-bond acceptors (Lipinski definition) is 4. The summed E-state index contributed by atoms with van der Waals surface area (Å²) in [7, 11) is 2.10. The second-order valence-corrected chi connectivity index (χ2v) is 5.14. The Morgan fingerprint density at radius 1 is 1.50 bits per heavy atom. The number of pyridine rings is 1. The first-order valence-corrected chi connectivity index (χ1v) is 6.68. The molecule has 0 radical (unpaired) electrons. The van der Waals surface area contributed by atoms with Crippen LogP contribution in [0.3, 0.4) is 0 Å². The highest BCUT2D eigenvalue weighted by Crippen LogP contribution is 2.24. The van der Waals surface area contributed by atoms with Gasteiger partial charge in [0.15, 0.2) is 0 Å². The average Bonchev–Trinajstić information content (AvgIpc) is 2.40. The lowest BCUT2D eigenvalue weighted by Crippen LogP contribution is -2.31. The normalized spacial score (nSPS) is 18.6. The van der Waals surface area contributed by atoms with Crippen LogP contribution in [0.2, 0.25) is 0 Å². The quantitative estimate of drug-likeness (QED) is 0.886. The lowest BCUT2D eigenvalue weighted by molar-refractivity contribution is 0.0685. The van der Waals surface area contributed by atoms with Crippen LogP contribution >= 0.6 is 0 Å². The Hall–Kier alpha value is -1.13. The molecule has 1 aliphatic heterocycles. The van der Waals surface area contributed by atoms with Crippen LogP contribution in [0.15, 0.2) is 18.3 Å². The summed E-state index contributed by atoms with van der Waals surface area (Å²) in [5.74, 6) is 1.71. The molecule has 0 aromatic carbocycles. The van der Waals surface area contributed by atoms with E-state index in [1.165, 1.54) is 0 Å². The average molecular weight is 249 g/mol. The third kappa shape index (κ3) is 3.21. The van der Waals surface area contributed by atoms with E-state index in [0.29, 0.717) is 5.92 Å². The summed E-state index contributed by atoms with van der Waals surface area (Å²) in [6.45, 7) is 4.81. The molecule has 0 unspecified atom stereocenters. The van der Waals surface area contributed by atoms with Gasteiger partial charge in [-0.3, -0.25) is 0 Å². The van der Waals surface area contributed by atoms with E-state index in [0.717, 1.165) is 44.0 Å². The van der Waals surface area contributed by atoms with Gasteiger partial charge in [0.1, 0.15) is 5.82 Å². The van der Waals surface area contributed by atoms with E-state index in [4.69, 9.17) is 10.5 Å². The molecule has 0 bridgehead atoms. The second kappa shape index (κ2) is 6.16. The summed E-state index contributed by atoms with van der Waals surface area (Å²) < 4.78 is 5.39. The summed E-state index contributed by atoms with van der Waals surface area (Å²) in [5.41, 5.74) is 7.12. The van der Waals surface area contributed by atoms with Crippen LogP contribution in [-0.4, -0.2) is 31.8 Å². The zero-order valence-corrected chi connectivity index (χ0v) is 11.3. The topological polar surface area (TPSA) is 51.4 Å². The summed E-state index contributed by atoms with van der Waals surface area (Å²) in [6, 6.07) is 4.03. The van der Waals surface area contributed by atoms with Gasteiger partial charge in [0.05, 0.1) is 0 Å². The van der Waals surface area contributed by atoms with Crippen molar-refractivity contribution in [1.29, 1.82) is 0 Å². The van der Waals surface area contributed by atoms with E-state index in [1.54, 1.807) is 0 Å². The lowest BCUT2D eigenvalue weighted by Gasteiger charge is -2.29. The minimum Gasteiger partial charge on any atom is -0.381 e. The van der Waals surface area contributed by atoms with E-state index in [2.05, 4.69) is 23.0 Å². The molecule has 1 atom stereocenters. The molecule has 1 aromatic heterocycles. The Morgan fingerprint density at radius 3 is 2.89 bits per heavy atom. The van der Waals surface area contributed by atoms with Crippen molar-refractivity contribution in [2.24, 2.45) is 11.7 Å². The number of aromatic nitrogens is 1. The Morgan fingerprint density at radius 2 is 2.22 bits per heavy atom. The molecule has 1 fully saturated rings. The standard InChI is InChI=1S/C14H23N3O/c1-11(15)13-4-3-7-16-14(13)17(2)10-12-5-8-18-9-6-12/h3-4,7,11-12H,5-6,8-10,15H2,1-2H3/t11-/m0/s1. The van der Waals surface area contributed by atoms with Crippen molar-refractivity contribution in [1.82, 2.24) is 4.98 Å². The van der Waals surface area contributed by atoms with Crippen LogP contribution in [0.25, 0.3) is 0 Å². The first-order valence-electron chi connectivity index (χ1n) is 6.68. The van der Waals surface area contributed by atoms with Gasteiger partial charge in [-0.25, -0.2) is 4.98 Å². The van der Waals surface area contributed by atoms with Gasteiger partial charge in [0.2, 0.25) is 0 Å². The van der Waals surface area contributed by atoms with Crippen LogP contribution in [0, 0.1) is 5.92 Å². The van der Waals surface area contributed by atoms with Crippen molar-refractivity contribution in [2.45, 2.75) is 25.8 Å². The highest BCUT2D eigenvalue weighted by atomic mass is 16.5. The smallest absolute Gasteiger partial charge is 0.133 e. The third-order valence-electron chi connectivity index (χ3n) is 3.54. The van der Waals surface area contributed by atoms with Crippen molar-refractivity contribution >= 4 is 5.82 Å². The van der Waals surface area contributed by atoms with Crippen LogP contribution in [-0.2, 0) is 4.74 Å². The van der Waals surface area contributed by atoms with E-state index in [9.17, 15) is 0 Å². The van der Waals surface area contributed by atoms with Gasteiger partial charge in [-0.15, -0.1) is 0 Å². The van der Waals surface area contributed by atoms with Crippen molar-refractivity contribution in [3.05, 3.63) is 23.9 Å². The number of hydrogen-bond donors (Lipinski definition) is 1. The Bertz CT molecular complexity index is 375. The van der Waals surface area contributed by atoms with Gasteiger partial charge in [-0.05, 0) is 31.7 Å². The molecule has 2 heterocycles. The van der Waals surface area contributed by atoms with E-state index >= 15 is 0 Å². The van der Waals surface area contributed by atoms with E-state index < -0.39 is 0 Å². The second-order valence-electron chi connectivity index (χ2n) is 5.14. The van der Waals surface area contributed by atoms with Crippen molar-refractivity contribution < 1.29 is 4.74 Å². The van der Waals surface area contributed by atoms with Gasteiger partial charge >= 0.3 is 0 Å². The lowest BCUT2D eigenvalue weighted by atomic mass is 9.99. The molecule has 0 spiro atoms. The molecule has 2 N–H and O–H groups in total. The van der Waals surface area contributed by atoms with Gasteiger partial charge in [-0.1, -0.05) is 6.07 Å². The fourth-order valence-corrected chi connectivity index (χ4v) is 2.49. The summed E-state index contributed by atoms with van der Waals surface area (Å²) >= 11 is 0. The monoisotopic (exact) mass is 249 g/mol. The highest BCUT2D eigenvalue weighted by molar-refractivity contribution is 5.47. The van der Waals surface area contributed by atoms with Gasteiger partial charge in [0.25, 0.3) is 0 Å². The Kier molecular flexibility index (Phi) is 4.55. The summed E-state index contributed by atoms with van der Waals surface area (Å²) in [5, 5.41) is 0. The molecule has 1 aromatic rings. The van der Waals surface area contributed by atoms with Gasteiger partial charge < -0.3 is 15.4 Å². The van der Waals surface area contributed by atoms with Crippen molar-refractivity contribution in [3.8, 4) is 0 Å². The van der Waals surface area contributed by atoms with Crippen LogP contribution in [0.4, 0.5) is 5.82 Å². The molecule has 2 rings (SSSR count). The first-order chi connectivity index (χ1) is 8.68. The molecule has 0 saturated carbocycles. The van der Waals surface area contributed by atoms with Gasteiger partial charge in [0, 0.05) is 44.6 Å². The minimum absolute atomic E-state index is 0.0193. The van der Waals surface area contributed by atoms with Crippen LogP contribution in [0.1, 0.15) is 31.4 Å². The Balaban J connectivity index is 2.05. The SMILES string of the molecule is C[C@H](N)c1cccnc1N(C)CC1CCOCC1. The predicted molar refractivity (Wildman–Crippen MR) is 73.7 cm³/mol. The van der Waals surface area contributed by atoms with Crippen molar-refractivity contribution in [3.63, 3.8) is 0 Å². The number of rotatable bonds is 4. The van der Waals surface area contributed by atoms with E-state index in [1.807, 2.05) is 19.2 Å². The molecule has 1 aliphatic rings. The minimum atomic E-state index is 0.0193. The third-order valence-corrected chi connectivity index (χ3v) is 3.54. The highest BCUT2D eigenvalue weighted by Gasteiger charge is 2.18. The first kappa shape index (κ1) is 13.3. The van der Waals surface area contributed by atoms with E-state index in [-0.39, 0.29) is 6.04 Å². The maximum atomic E-state index is 6.00. The summed E-state index contributed by atoms with van der Waals surface area (Å²) in [6.07, 6.45) is 4.12. The number of nitrogens with zero attached hydrogens (tertiary/aromatic N) is 2. The Labute approximate surface area is 109 Å². The molecule has 18 heavy (non-hydrogen) atoms. The van der Waals surface area contributed by atoms with Crippen molar-refractivity contribution in [2.75, 3.05) is 31.7 Å². The van der Waals surface area contributed by atoms with Gasteiger partial charge in [-0.2, -0.15) is 0 Å². The fourth-order valence-electron chi connectivity index (χ4n) is 2.49. The zero-order valence-electron chi connectivity index (χ0n) is 11.3. The fraction of sp³-hybridized carbons (Fsp3) is 0.643. The molecule has 1 saturated heterocycles. The molecule has 0 amide bonds. The number of anilines is 1. The molecule has 0 aliphatic carbocycles. The molecular formula is C14H23N3O. The maximum absolute atomic E-state index is 6.00. The number of nitrogens with two attached hydrogens (primary N) is 1. The molecule has 100 valence electrons. The molecular weight excluding hydrogens is 226 g/mol. The largest absolute Gasteiger partial charge is 0.381 e. The molecule has 4 nitrogen and oxygen atoms in total. The molecule has 4 heteroatoms.